The van der Waals surface area contributed by atoms with Crippen LogP contribution in [0.15, 0.2) is 53.4 Å². The lowest BCUT2D eigenvalue weighted by Crippen LogP contribution is -2.30. The summed E-state index contributed by atoms with van der Waals surface area (Å²) in [5.41, 5.74) is 1.57. The van der Waals surface area contributed by atoms with Gasteiger partial charge in [-0.2, -0.15) is 0 Å². The van der Waals surface area contributed by atoms with E-state index in [1.54, 1.807) is 69.5 Å². The number of amides is 1. The molecule has 0 unspecified atom stereocenters. The van der Waals surface area contributed by atoms with E-state index in [9.17, 15) is 13.2 Å². The number of anilines is 1. The van der Waals surface area contributed by atoms with Crippen molar-refractivity contribution in [1.29, 1.82) is 0 Å². The van der Waals surface area contributed by atoms with E-state index in [2.05, 4.69) is 10.0 Å². The van der Waals surface area contributed by atoms with E-state index in [0.717, 1.165) is 5.56 Å². The normalized spacial score (nSPS) is 11.4. The second kappa shape index (κ2) is 8.82. The predicted octanol–water partition coefficient (Wildman–Crippen LogP) is 2.95. The molecule has 0 aliphatic carbocycles. The lowest BCUT2D eigenvalue weighted by molar-refractivity contribution is -0.116. The lowest BCUT2D eigenvalue weighted by Gasteiger charge is -2.10. The van der Waals surface area contributed by atoms with Gasteiger partial charge in [-0.25, -0.2) is 13.1 Å². The highest BCUT2D eigenvalue weighted by Gasteiger charge is 2.15. The first-order valence-corrected chi connectivity index (χ1v) is 9.83. The first-order chi connectivity index (χ1) is 12.3. The highest BCUT2D eigenvalue weighted by molar-refractivity contribution is 7.89. The van der Waals surface area contributed by atoms with Crippen molar-refractivity contribution in [3.05, 3.63) is 54.1 Å². The maximum Gasteiger partial charge on any atom is 0.240 e. The summed E-state index contributed by atoms with van der Waals surface area (Å²) >= 11 is 0. The average Bonchev–Trinajstić information content (AvgIpc) is 2.59. The van der Waals surface area contributed by atoms with Crippen LogP contribution in [0.25, 0.3) is 0 Å². The third-order valence-electron chi connectivity index (χ3n) is 3.62. The van der Waals surface area contributed by atoms with Crippen LogP contribution in [0.5, 0.6) is 5.75 Å². The van der Waals surface area contributed by atoms with E-state index >= 15 is 0 Å². The molecule has 0 spiro atoms. The van der Waals surface area contributed by atoms with Crippen LogP contribution in [0, 0.1) is 0 Å². The third-order valence-corrected chi connectivity index (χ3v) is 5.29. The van der Waals surface area contributed by atoms with Gasteiger partial charge >= 0.3 is 0 Å². The number of hydrogen-bond donors (Lipinski definition) is 2. The number of rotatable bonds is 8. The SMILES string of the molecule is COc1cccc(NC(=O)CCc2ccc(S(=O)(=O)NC(C)C)cc2)c1. The van der Waals surface area contributed by atoms with Crippen LogP contribution < -0.4 is 14.8 Å². The topological polar surface area (TPSA) is 84.5 Å². The highest BCUT2D eigenvalue weighted by Crippen LogP contribution is 2.17. The van der Waals surface area contributed by atoms with E-state index in [1.165, 1.54) is 0 Å². The number of methoxy groups -OCH3 is 1. The Balaban J connectivity index is 1.92. The van der Waals surface area contributed by atoms with Crippen LogP contribution in [0.2, 0.25) is 0 Å². The molecule has 0 atom stereocenters. The molecule has 1 amide bonds. The van der Waals surface area contributed by atoms with Gasteiger partial charge in [0, 0.05) is 24.2 Å². The van der Waals surface area contributed by atoms with E-state index in [1.807, 2.05) is 0 Å². The van der Waals surface area contributed by atoms with Gasteiger partial charge in [-0.1, -0.05) is 18.2 Å². The number of carbonyl (C=O) groups is 1. The van der Waals surface area contributed by atoms with Crippen molar-refractivity contribution in [2.24, 2.45) is 0 Å². The van der Waals surface area contributed by atoms with Gasteiger partial charge in [0.1, 0.15) is 5.75 Å². The maximum absolute atomic E-state index is 12.1. The molecule has 0 saturated heterocycles. The van der Waals surface area contributed by atoms with Crippen molar-refractivity contribution in [3.8, 4) is 5.75 Å². The summed E-state index contributed by atoms with van der Waals surface area (Å²) in [7, 11) is -1.93. The fraction of sp³-hybridized carbons (Fsp3) is 0.316. The highest BCUT2D eigenvalue weighted by atomic mass is 32.2. The number of benzene rings is 2. The molecule has 0 saturated carbocycles. The summed E-state index contributed by atoms with van der Waals surface area (Å²) in [6.07, 6.45) is 0.821. The number of hydrogen-bond acceptors (Lipinski definition) is 4. The minimum atomic E-state index is -3.50. The van der Waals surface area contributed by atoms with Gasteiger partial charge in [0.2, 0.25) is 15.9 Å². The summed E-state index contributed by atoms with van der Waals surface area (Å²) in [5.74, 6) is 0.561. The van der Waals surface area contributed by atoms with Crippen LogP contribution >= 0.6 is 0 Å². The van der Waals surface area contributed by atoms with Gasteiger partial charge in [0.25, 0.3) is 0 Å². The summed E-state index contributed by atoms with van der Waals surface area (Å²) in [4.78, 5) is 12.3. The van der Waals surface area contributed by atoms with Crippen molar-refractivity contribution in [2.75, 3.05) is 12.4 Å². The van der Waals surface area contributed by atoms with Crippen molar-refractivity contribution in [2.45, 2.75) is 37.6 Å². The Morgan fingerprint density at radius 3 is 2.42 bits per heavy atom. The lowest BCUT2D eigenvalue weighted by atomic mass is 10.1. The predicted molar refractivity (Wildman–Crippen MR) is 102 cm³/mol. The zero-order valence-corrected chi connectivity index (χ0v) is 16.0. The fourth-order valence-corrected chi connectivity index (χ4v) is 3.65. The molecule has 26 heavy (non-hydrogen) atoms. The Labute approximate surface area is 154 Å². The second-order valence-electron chi connectivity index (χ2n) is 6.20. The molecular weight excluding hydrogens is 352 g/mol. The molecule has 7 heteroatoms. The molecule has 6 nitrogen and oxygen atoms in total. The van der Waals surface area contributed by atoms with Gasteiger partial charge in [-0.05, 0) is 50.1 Å². The molecule has 0 aliphatic heterocycles. The van der Waals surface area contributed by atoms with E-state index < -0.39 is 10.0 Å². The third kappa shape index (κ3) is 5.86. The minimum Gasteiger partial charge on any atom is -0.497 e. The molecule has 2 aromatic carbocycles. The second-order valence-corrected chi connectivity index (χ2v) is 7.91. The summed E-state index contributed by atoms with van der Waals surface area (Å²) < 4.78 is 31.8. The average molecular weight is 376 g/mol. The molecular formula is C19H24N2O4S. The first kappa shape index (κ1) is 19.9. The van der Waals surface area contributed by atoms with E-state index in [0.29, 0.717) is 24.3 Å². The standard InChI is InChI=1S/C19H24N2O4S/c1-14(2)21-26(23,24)18-10-7-15(8-11-18)9-12-19(22)20-16-5-4-6-17(13-16)25-3/h4-8,10-11,13-14,21H,9,12H2,1-3H3,(H,20,22). The first-order valence-electron chi connectivity index (χ1n) is 8.35. The molecule has 0 aliphatic rings. The Kier molecular flexibility index (Phi) is 6.76. The molecule has 0 aromatic heterocycles. The smallest absolute Gasteiger partial charge is 0.240 e. The molecule has 0 heterocycles. The van der Waals surface area contributed by atoms with Gasteiger partial charge in [-0.15, -0.1) is 0 Å². The van der Waals surface area contributed by atoms with Gasteiger partial charge in [0.15, 0.2) is 0 Å². The van der Waals surface area contributed by atoms with Crippen molar-refractivity contribution >= 4 is 21.6 Å². The summed E-state index contributed by atoms with van der Waals surface area (Å²) in [6, 6.07) is 13.6. The molecule has 0 bridgehead atoms. The molecule has 140 valence electrons. The van der Waals surface area contributed by atoms with Crippen LogP contribution in [-0.4, -0.2) is 27.5 Å². The fourth-order valence-electron chi connectivity index (χ4n) is 2.40. The zero-order chi connectivity index (χ0) is 19.2. The Morgan fingerprint density at radius 2 is 1.81 bits per heavy atom. The number of carbonyl (C=O) groups excluding carboxylic acids is 1. The number of nitrogens with one attached hydrogen (secondary N) is 2. The molecule has 2 N–H and O–H groups in total. The van der Waals surface area contributed by atoms with E-state index in [4.69, 9.17) is 4.74 Å². The zero-order valence-electron chi connectivity index (χ0n) is 15.2. The summed E-state index contributed by atoms with van der Waals surface area (Å²) in [5, 5.41) is 2.82. The quantitative estimate of drug-likeness (QED) is 0.742. The number of aryl methyl sites for hydroxylation is 1. The minimum absolute atomic E-state index is 0.114. The van der Waals surface area contributed by atoms with Crippen molar-refractivity contribution < 1.29 is 17.9 Å². The van der Waals surface area contributed by atoms with Crippen LogP contribution in [0.1, 0.15) is 25.8 Å². The Morgan fingerprint density at radius 1 is 1.12 bits per heavy atom. The van der Waals surface area contributed by atoms with Gasteiger partial charge < -0.3 is 10.1 Å². The maximum atomic E-state index is 12.1. The van der Waals surface area contributed by atoms with E-state index in [-0.39, 0.29) is 16.8 Å². The van der Waals surface area contributed by atoms with Crippen LogP contribution in [0.4, 0.5) is 5.69 Å². The molecule has 0 fully saturated rings. The number of ether oxygens (including phenoxy) is 1. The van der Waals surface area contributed by atoms with Crippen molar-refractivity contribution in [1.82, 2.24) is 4.72 Å². The van der Waals surface area contributed by atoms with Crippen LogP contribution in [-0.2, 0) is 21.2 Å². The Bertz CT molecular complexity index is 846. The van der Waals surface area contributed by atoms with Gasteiger partial charge in [0.05, 0.1) is 12.0 Å². The molecule has 0 radical (unpaired) electrons. The van der Waals surface area contributed by atoms with Crippen LogP contribution in [0.3, 0.4) is 0 Å². The molecule has 2 aromatic rings. The molecule has 2 rings (SSSR count). The monoisotopic (exact) mass is 376 g/mol. The number of sulfonamides is 1. The van der Waals surface area contributed by atoms with Crippen molar-refractivity contribution in [3.63, 3.8) is 0 Å². The summed E-state index contributed by atoms with van der Waals surface area (Å²) in [6.45, 7) is 3.54. The van der Waals surface area contributed by atoms with Gasteiger partial charge in [-0.3, -0.25) is 4.79 Å². The Hall–Kier alpha value is -2.38. The largest absolute Gasteiger partial charge is 0.497 e.